The first-order valence-electron chi connectivity index (χ1n) is 7.95. The van der Waals surface area contributed by atoms with Gasteiger partial charge in [0.15, 0.2) is 10.8 Å². The third kappa shape index (κ3) is 4.85. The molecule has 0 saturated carbocycles. The number of aliphatic hydroxyl groups excluding tert-OH is 1. The molecule has 1 aromatic heterocycles. The molecule has 0 bridgehead atoms. The van der Waals surface area contributed by atoms with Crippen molar-refractivity contribution in [1.29, 1.82) is 0 Å². The summed E-state index contributed by atoms with van der Waals surface area (Å²) in [4.78, 5) is 41.9. The van der Waals surface area contributed by atoms with E-state index in [9.17, 15) is 19.5 Å². The topological polar surface area (TPSA) is 181 Å². The van der Waals surface area contributed by atoms with Gasteiger partial charge >= 0.3 is 29.6 Å². The maximum absolute atomic E-state index is 12.5. The smallest absolute Gasteiger partial charge is 0.543 e. The van der Waals surface area contributed by atoms with Gasteiger partial charge in [-0.1, -0.05) is 23.0 Å². The van der Waals surface area contributed by atoms with Crippen LogP contribution in [0.5, 0.6) is 0 Å². The van der Waals surface area contributed by atoms with E-state index in [1.54, 1.807) is 0 Å². The Bertz CT molecular complexity index is 949. The minimum absolute atomic E-state index is 0. The zero-order valence-corrected chi connectivity index (χ0v) is 19.9. The summed E-state index contributed by atoms with van der Waals surface area (Å²) in [6, 6.07) is -1.01. The monoisotopic (exact) mass is 479 g/mol. The van der Waals surface area contributed by atoms with Crippen LogP contribution in [0, 0.1) is 0 Å². The molecule has 2 amide bonds. The molecule has 154 valence electrons. The summed E-state index contributed by atoms with van der Waals surface area (Å²) in [5.74, 6) is -2.71. The fraction of sp³-hybridized carbons (Fsp3) is 0.267. The number of aromatic nitrogens is 1. The van der Waals surface area contributed by atoms with E-state index in [0.29, 0.717) is 4.91 Å². The third-order valence-electron chi connectivity index (χ3n) is 3.90. The van der Waals surface area contributed by atoms with Crippen LogP contribution < -0.4 is 45.7 Å². The van der Waals surface area contributed by atoms with Crippen molar-refractivity contribution in [3.63, 3.8) is 0 Å². The van der Waals surface area contributed by atoms with Gasteiger partial charge in [0.05, 0.1) is 18.3 Å². The van der Waals surface area contributed by atoms with Crippen LogP contribution in [0.15, 0.2) is 32.6 Å². The van der Waals surface area contributed by atoms with Crippen LogP contribution in [0.2, 0.25) is 0 Å². The molecule has 30 heavy (non-hydrogen) atoms. The van der Waals surface area contributed by atoms with Gasteiger partial charge in [-0.3, -0.25) is 14.5 Å². The molecular formula is C15H14N5NaO6S3. The zero-order chi connectivity index (χ0) is 21.1. The molecule has 5 N–H and O–H groups in total. The minimum Gasteiger partial charge on any atom is -0.543 e. The Labute approximate surface area is 204 Å². The Morgan fingerprint density at radius 1 is 1.53 bits per heavy atom. The van der Waals surface area contributed by atoms with Crippen molar-refractivity contribution in [2.75, 3.05) is 18.1 Å². The molecule has 15 heteroatoms. The molecule has 2 aliphatic rings. The van der Waals surface area contributed by atoms with Crippen LogP contribution >= 0.6 is 34.9 Å². The number of aliphatic carboxylic acids is 1. The van der Waals surface area contributed by atoms with Crippen molar-refractivity contribution in [2.45, 2.75) is 11.4 Å². The van der Waals surface area contributed by atoms with Crippen molar-refractivity contribution < 1.29 is 59.4 Å². The average Bonchev–Trinajstić information content (AvgIpc) is 3.12. The van der Waals surface area contributed by atoms with Crippen LogP contribution in [0.3, 0.4) is 0 Å². The first-order valence-corrected chi connectivity index (χ1v) is 10.8. The Hall–Kier alpha value is -1.55. The number of nitrogen functional groups attached to an aromatic ring is 1. The van der Waals surface area contributed by atoms with Crippen LogP contribution in [0.25, 0.3) is 0 Å². The summed E-state index contributed by atoms with van der Waals surface area (Å²) in [5.41, 5.74) is 4.89. The molecular weight excluding hydrogens is 465 g/mol. The molecule has 0 spiro atoms. The Kier molecular flexibility index (Phi) is 8.78. The van der Waals surface area contributed by atoms with Crippen LogP contribution in [0.4, 0.5) is 5.13 Å². The molecule has 1 aromatic rings. The van der Waals surface area contributed by atoms with Gasteiger partial charge in [-0.2, -0.15) is 0 Å². The van der Waals surface area contributed by atoms with Gasteiger partial charge in [0.1, 0.15) is 17.1 Å². The number of carbonyl (C=O) groups excluding carboxylic acids is 3. The third-order valence-corrected chi connectivity index (χ3v) is 6.99. The van der Waals surface area contributed by atoms with Gasteiger partial charge in [-0.05, 0) is 5.41 Å². The zero-order valence-electron chi connectivity index (χ0n) is 15.5. The average molecular weight is 479 g/mol. The second kappa shape index (κ2) is 10.7. The number of nitrogens with zero attached hydrogens (tertiary/aromatic N) is 3. The first-order chi connectivity index (χ1) is 13.9. The van der Waals surface area contributed by atoms with Crippen molar-refractivity contribution in [3.05, 3.63) is 33.2 Å². The van der Waals surface area contributed by atoms with Gasteiger partial charge in [-0.25, -0.2) is 4.98 Å². The standard InChI is InChI=1S/C15H15N5O6S3.Na/c16-15-17-6(4-29-15)8(19-26)11(22)18-9-12(23)20-10(14(24)25)7(5-28-13(9)20)27-3-1-2-21;/h1,3-4,9,13,21,26H,2,5H2,(H2,16,17)(H,18,22)(H,24,25);/q;+1/p-1/b3-1-,19-8-;/t9?,13-;/m1./s1. The molecule has 1 saturated heterocycles. The van der Waals surface area contributed by atoms with E-state index in [2.05, 4.69) is 15.5 Å². The fourth-order valence-electron chi connectivity index (χ4n) is 2.66. The molecule has 3 heterocycles. The number of carboxylic acid groups (broad SMARTS) is 1. The number of thioether (sulfide) groups is 2. The fourth-order valence-corrected chi connectivity index (χ4v) is 5.52. The molecule has 2 atom stereocenters. The van der Waals surface area contributed by atoms with Crippen LogP contribution in [0.1, 0.15) is 5.69 Å². The van der Waals surface area contributed by atoms with Gasteiger partial charge in [-0.15, -0.1) is 23.1 Å². The molecule has 0 aromatic carbocycles. The van der Waals surface area contributed by atoms with Gasteiger partial charge in [0, 0.05) is 16.0 Å². The summed E-state index contributed by atoms with van der Waals surface area (Å²) in [5, 5.41) is 37.4. The van der Waals surface area contributed by atoms with Gasteiger partial charge < -0.3 is 31.3 Å². The van der Waals surface area contributed by atoms with Crippen LogP contribution in [-0.2, 0) is 14.4 Å². The number of carbonyl (C=O) groups is 3. The molecule has 1 fully saturated rings. The van der Waals surface area contributed by atoms with E-state index in [0.717, 1.165) is 28.0 Å². The molecule has 11 nitrogen and oxygen atoms in total. The number of nitrogens with two attached hydrogens (primary N) is 1. The van der Waals surface area contributed by atoms with E-state index >= 15 is 0 Å². The molecule has 0 aliphatic carbocycles. The number of carboxylic acids is 1. The number of aliphatic hydroxyl groups is 1. The van der Waals surface area contributed by atoms with Crippen molar-refractivity contribution in [2.24, 2.45) is 5.16 Å². The number of anilines is 1. The number of oxime groups is 1. The summed E-state index contributed by atoms with van der Waals surface area (Å²) in [6.07, 6.45) is 1.43. The van der Waals surface area contributed by atoms with Gasteiger partial charge in [0.25, 0.3) is 11.8 Å². The second-order valence-electron chi connectivity index (χ2n) is 5.61. The summed E-state index contributed by atoms with van der Waals surface area (Å²) in [6.45, 7) is -0.202. The van der Waals surface area contributed by atoms with Crippen molar-refractivity contribution in [3.8, 4) is 0 Å². The molecule has 3 rings (SSSR count). The number of fused-ring (bicyclic) bond motifs is 1. The van der Waals surface area contributed by atoms with E-state index in [4.69, 9.17) is 16.0 Å². The molecule has 2 aliphatic heterocycles. The first kappa shape index (κ1) is 24.7. The normalized spacial score (nSPS) is 21.2. The quantitative estimate of drug-likeness (QED) is 0.0978. The Morgan fingerprint density at radius 2 is 2.27 bits per heavy atom. The predicted molar refractivity (Wildman–Crippen MR) is 106 cm³/mol. The number of hydrogen-bond acceptors (Lipinski definition) is 12. The Morgan fingerprint density at radius 3 is 2.83 bits per heavy atom. The van der Waals surface area contributed by atoms with E-state index < -0.39 is 34.9 Å². The predicted octanol–water partition coefficient (Wildman–Crippen LogP) is -4.49. The number of rotatable bonds is 7. The Balaban J connectivity index is 0.00000320. The maximum atomic E-state index is 12.5. The van der Waals surface area contributed by atoms with Crippen molar-refractivity contribution >= 4 is 63.5 Å². The summed E-state index contributed by atoms with van der Waals surface area (Å²) in [7, 11) is 0. The summed E-state index contributed by atoms with van der Waals surface area (Å²) >= 11 is 3.38. The van der Waals surface area contributed by atoms with E-state index in [1.165, 1.54) is 28.6 Å². The molecule has 0 radical (unpaired) electrons. The SMILES string of the molecule is Nc1nc(/C(=N/O)C(=O)NC2C(=O)N3C(C(=O)[O-])=C(S/C=C\CO)CS[C@H]23)cs1.[Na+]. The van der Waals surface area contributed by atoms with E-state index in [1.807, 2.05) is 0 Å². The summed E-state index contributed by atoms with van der Waals surface area (Å²) < 4.78 is 0. The van der Waals surface area contributed by atoms with Crippen LogP contribution in [-0.4, -0.2) is 67.5 Å². The number of nitrogens with one attached hydrogen (secondary N) is 1. The van der Waals surface area contributed by atoms with Crippen molar-refractivity contribution in [1.82, 2.24) is 15.2 Å². The number of hydrogen-bond donors (Lipinski definition) is 4. The van der Waals surface area contributed by atoms with E-state index in [-0.39, 0.29) is 58.4 Å². The number of amides is 2. The largest absolute Gasteiger partial charge is 1.00 e. The number of thiazole rings is 1. The number of β-lactam (4-membered cyclic amide) rings is 1. The van der Waals surface area contributed by atoms with Gasteiger partial charge in [0.2, 0.25) is 0 Å². The maximum Gasteiger partial charge on any atom is 1.00 e. The molecule has 1 unspecified atom stereocenters. The minimum atomic E-state index is -1.51. The second-order valence-corrected chi connectivity index (χ2v) is 8.61.